The fourth-order valence-electron chi connectivity index (χ4n) is 9.30. The molecule has 0 bridgehead atoms. The zero-order valence-corrected chi connectivity index (χ0v) is 34.0. The molecule has 0 radical (unpaired) electrons. The quantitative estimate of drug-likeness (QED) is 0.141. The maximum Gasteiger partial charge on any atom is 0.114 e. The number of benzene rings is 10. The van der Waals surface area contributed by atoms with Gasteiger partial charge in [-0.05, 0) is 131 Å². The number of hydrogen-bond donors (Lipinski definition) is 0. The van der Waals surface area contributed by atoms with E-state index in [9.17, 15) is 0 Å². The second kappa shape index (κ2) is 15.4. The van der Waals surface area contributed by atoms with E-state index in [1.54, 1.807) is 0 Å². The Bertz CT molecular complexity index is 3380. The molecule has 10 aromatic carbocycles. The van der Waals surface area contributed by atoms with Gasteiger partial charge in [-0.2, -0.15) is 0 Å². The molecule has 0 amide bonds. The van der Waals surface area contributed by atoms with Crippen molar-refractivity contribution in [3.05, 3.63) is 230 Å². The lowest BCUT2D eigenvalue weighted by Crippen LogP contribution is -2.00. The van der Waals surface area contributed by atoms with Crippen LogP contribution in [0.15, 0.2) is 224 Å². The van der Waals surface area contributed by atoms with Crippen molar-refractivity contribution in [2.45, 2.75) is 13.3 Å². The minimum atomic E-state index is 0.847. The zero-order valence-electron chi connectivity index (χ0n) is 34.0. The highest BCUT2D eigenvalue weighted by molar-refractivity contribution is 6.23. The lowest BCUT2D eigenvalue weighted by molar-refractivity contribution is 0.908. The van der Waals surface area contributed by atoms with E-state index in [2.05, 4.69) is 236 Å². The number of aryl methyl sites for hydroxylation is 1. The molecular formula is C59H42N2. The Kier molecular flexibility index (Phi) is 9.17. The van der Waals surface area contributed by atoms with Gasteiger partial charge in [0.25, 0.3) is 0 Å². The summed E-state index contributed by atoms with van der Waals surface area (Å²) < 4.78 is 2.31. The molecule has 0 N–H and O–H groups in total. The first kappa shape index (κ1) is 36.3. The van der Waals surface area contributed by atoms with Crippen molar-refractivity contribution < 1.29 is 0 Å². The van der Waals surface area contributed by atoms with Crippen LogP contribution in [-0.4, -0.2) is 9.55 Å². The topological polar surface area (TPSA) is 17.8 Å². The molecule has 61 heavy (non-hydrogen) atoms. The van der Waals surface area contributed by atoms with E-state index in [-0.39, 0.29) is 0 Å². The van der Waals surface area contributed by atoms with E-state index in [1.165, 1.54) is 88.3 Å². The summed E-state index contributed by atoms with van der Waals surface area (Å²) in [7, 11) is 0. The minimum Gasteiger partial charge on any atom is -0.296 e. The molecule has 0 aliphatic heterocycles. The van der Waals surface area contributed by atoms with E-state index in [1.807, 2.05) is 0 Å². The van der Waals surface area contributed by atoms with E-state index in [0.29, 0.717) is 0 Å². The number of para-hydroxylation sites is 2. The normalized spacial score (nSPS) is 11.4. The number of imidazole rings is 1. The van der Waals surface area contributed by atoms with E-state index >= 15 is 0 Å². The highest BCUT2D eigenvalue weighted by atomic mass is 15.1. The lowest BCUT2D eigenvalue weighted by atomic mass is 9.82. The molecule has 0 unspecified atom stereocenters. The SMILES string of the molecule is CCc1nc2ccccc2n1-c1cccc(-c2cccc(-c3c4ccccc4c(-c4cc(-c5ccccc5)ccc4-c4ccccc4)c4cc(-c5ccccc5)ccc34)c2)c1. The van der Waals surface area contributed by atoms with E-state index < -0.39 is 0 Å². The number of nitrogens with zero attached hydrogens (tertiary/aromatic N) is 2. The maximum absolute atomic E-state index is 4.98. The smallest absolute Gasteiger partial charge is 0.114 e. The van der Waals surface area contributed by atoms with Gasteiger partial charge in [0.1, 0.15) is 5.82 Å². The molecule has 288 valence electrons. The second-order valence-electron chi connectivity index (χ2n) is 15.8. The van der Waals surface area contributed by atoms with Crippen LogP contribution in [0.4, 0.5) is 0 Å². The van der Waals surface area contributed by atoms with Crippen LogP contribution in [0.5, 0.6) is 0 Å². The molecule has 2 nitrogen and oxygen atoms in total. The third kappa shape index (κ3) is 6.50. The number of aromatic nitrogens is 2. The first-order valence-electron chi connectivity index (χ1n) is 21.2. The number of rotatable bonds is 8. The van der Waals surface area contributed by atoms with Crippen LogP contribution in [-0.2, 0) is 6.42 Å². The highest BCUT2D eigenvalue weighted by Crippen LogP contribution is 2.48. The van der Waals surface area contributed by atoms with Gasteiger partial charge in [-0.15, -0.1) is 0 Å². The van der Waals surface area contributed by atoms with Crippen molar-refractivity contribution >= 4 is 32.6 Å². The summed E-state index contributed by atoms with van der Waals surface area (Å²) >= 11 is 0. The number of hydrogen-bond acceptors (Lipinski definition) is 1. The molecule has 0 fully saturated rings. The van der Waals surface area contributed by atoms with Gasteiger partial charge < -0.3 is 0 Å². The summed E-state index contributed by atoms with van der Waals surface area (Å²) in [5, 5.41) is 4.90. The molecule has 0 saturated carbocycles. The summed E-state index contributed by atoms with van der Waals surface area (Å²) in [6.07, 6.45) is 0.847. The summed E-state index contributed by atoms with van der Waals surface area (Å²) in [5.74, 6) is 1.06. The van der Waals surface area contributed by atoms with Gasteiger partial charge in [0.2, 0.25) is 0 Å². The van der Waals surface area contributed by atoms with Gasteiger partial charge in [0.15, 0.2) is 0 Å². The van der Waals surface area contributed by atoms with Crippen molar-refractivity contribution in [1.29, 1.82) is 0 Å². The fraction of sp³-hybridized carbons (Fsp3) is 0.0339. The van der Waals surface area contributed by atoms with Crippen molar-refractivity contribution in [2.75, 3.05) is 0 Å². The fourth-order valence-corrected chi connectivity index (χ4v) is 9.30. The standard InChI is InChI=1S/C59H42N2/c1-2-57-60-55-30-14-15-31-56(55)61(57)48-27-17-25-44(37-48)43-24-16-26-47(36-43)58-50-28-12-13-29-51(50)59(54-39-46(33-35-52(54)58)41-20-8-4-9-21-41)53-38-45(40-18-6-3-7-19-40)32-34-49(53)42-22-10-5-11-23-42/h3-39H,2H2,1H3. The van der Waals surface area contributed by atoms with Gasteiger partial charge in [0.05, 0.1) is 11.0 Å². The van der Waals surface area contributed by atoms with Crippen LogP contribution in [0.3, 0.4) is 0 Å². The summed E-state index contributed by atoms with van der Waals surface area (Å²) in [5.41, 5.74) is 17.7. The number of fused-ring (bicyclic) bond motifs is 3. The Morgan fingerprint density at radius 1 is 0.344 bits per heavy atom. The van der Waals surface area contributed by atoms with Crippen molar-refractivity contribution in [2.24, 2.45) is 0 Å². The average molecular weight is 779 g/mol. The molecular weight excluding hydrogens is 737 g/mol. The van der Waals surface area contributed by atoms with Gasteiger partial charge in [-0.1, -0.05) is 189 Å². The Labute approximate surface area is 356 Å². The molecule has 2 heteroatoms. The van der Waals surface area contributed by atoms with Gasteiger partial charge in [0, 0.05) is 12.1 Å². The summed E-state index contributed by atoms with van der Waals surface area (Å²) in [4.78, 5) is 4.98. The monoisotopic (exact) mass is 778 g/mol. The molecule has 0 aliphatic carbocycles. The van der Waals surface area contributed by atoms with Crippen LogP contribution in [0.25, 0.3) is 105 Å². The van der Waals surface area contributed by atoms with Crippen molar-refractivity contribution in [3.63, 3.8) is 0 Å². The highest BCUT2D eigenvalue weighted by Gasteiger charge is 2.21. The second-order valence-corrected chi connectivity index (χ2v) is 15.8. The Morgan fingerprint density at radius 2 is 0.869 bits per heavy atom. The molecule has 11 aromatic rings. The zero-order chi connectivity index (χ0) is 40.7. The largest absolute Gasteiger partial charge is 0.296 e. The summed E-state index contributed by atoms with van der Waals surface area (Å²) in [6.45, 7) is 2.18. The Morgan fingerprint density at radius 3 is 1.59 bits per heavy atom. The molecule has 0 atom stereocenters. The third-order valence-electron chi connectivity index (χ3n) is 12.1. The van der Waals surface area contributed by atoms with E-state index in [0.717, 1.165) is 29.0 Å². The predicted octanol–water partition coefficient (Wildman–Crippen LogP) is 15.9. The Hall–Kier alpha value is -7.81. The van der Waals surface area contributed by atoms with Crippen LogP contribution in [0.1, 0.15) is 12.7 Å². The van der Waals surface area contributed by atoms with Crippen LogP contribution < -0.4 is 0 Å². The van der Waals surface area contributed by atoms with Crippen LogP contribution in [0.2, 0.25) is 0 Å². The van der Waals surface area contributed by atoms with Crippen molar-refractivity contribution in [1.82, 2.24) is 9.55 Å². The summed E-state index contributed by atoms with van der Waals surface area (Å²) in [6, 6.07) is 81.9. The third-order valence-corrected chi connectivity index (χ3v) is 12.1. The Balaban J connectivity index is 1.17. The minimum absolute atomic E-state index is 0.847. The van der Waals surface area contributed by atoms with Gasteiger partial charge in [-0.3, -0.25) is 4.57 Å². The molecule has 0 spiro atoms. The van der Waals surface area contributed by atoms with Crippen LogP contribution >= 0.6 is 0 Å². The van der Waals surface area contributed by atoms with Gasteiger partial charge >= 0.3 is 0 Å². The molecule has 1 aromatic heterocycles. The van der Waals surface area contributed by atoms with Crippen molar-refractivity contribution in [3.8, 4) is 72.4 Å². The molecule has 11 rings (SSSR count). The molecule has 0 aliphatic rings. The average Bonchev–Trinajstić information content (AvgIpc) is 3.73. The molecule has 0 saturated heterocycles. The first-order chi connectivity index (χ1) is 30.2. The lowest BCUT2D eigenvalue weighted by Gasteiger charge is -2.21. The predicted molar refractivity (Wildman–Crippen MR) is 258 cm³/mol. The van der Waals surface area contributed by atoms with Crippen LogP contribution in [0, 0.1) is 0 Å². The molecule has 1 heterocycles. The first-order valence-corrected chi connectivity index (χ1v) is 21.2. The van der Waals surface area contributed by atoms with Gasteiger partial charge in [-0.25, -0.2) is 4.98 Å². The van der Waals surface area contributed by atoms with E-state index in [4.69, 9.17) is 4.98 Å². The maximum atomic E-state index is 4.98.